The fourth-order valence-corrected chi connectivity index (χ4v) is 6.31. The maximum atomic E-state index is 12.6. The van der Waals surface area contributed by atoms with Gasteiger partial charge in [0.2, 0.25) is 5.91 Å². The molecule has 3 aliphatic carbocycles. The van der Waals surface area contributed by atoms with Gasteiger partial charge >= 0.3 is 0 Å². The predicted octanol–water partition coefficient (Wildman–Crippen LogP) is 4.74. The van der Waals surface area contributed by atoms with Crippen LogP contribution in [0.15, 0.2) is 30.5 Å². The normalized spacial score (nSPS) is 32.1. The van der Waals surface area contributed by atoms with Gasteiger partial charge in [0, 0.05) is 36.2 Å². The van der Waals surface area contributed by atoms with Gasteiger partial charge < -0.3 is 14.8 Å². The molecule has 1 amide bonds. The molecule has 5 aliphatic rings. The van der Waals surface area contributed by atoms with E-state index in [1.807, 2.05) is 0 Å². The molecule has 1 saturated heterocycles. The lowest BCUT2D eigenvalue weighted by Gasteiger charge is -2.61. The van der Waals surface area contributed by atoms with E-state index in [-0.39, 0.29) is 5.91 Å². The van der Waals surface area contributed by atoms with Crippen LogP contribution in [0.4, 0.5) is 11.4 Å². The number of nitrogens with one attached hydrogen (secondary N) is 1. The van der Waals surface area contributed by atoms with Gasteiger partial charge in [-0.1, -0.05) is 0 Å². The van der Waals surface area contributed by atoms with Crippen molar-refractivity contribution < 1.29 is 4.79 Å². The summed E-state index contributed by atoms with van der Waals surface area (Å²) in [6, 6.07) is 10.0. The zero-order valence-corrected chi connectivity index (χ0v) is 16.2. The van der Waals surface area contributed by atoms with Crippen LogP contribution in [0, 0.1) is 25.2 Å². The number of benzene rings is 1. The van der Waals surface area contributed by atoms with Gasteiger partial charge in [-0.2, -0.15) is 0 Å². The summed E-state index contributed by atoms with van der Waals surface area (Å²) in [5.41, 5.74) is 6.46. The molecule has 1 N–H and O–H groups in total. The molecule has 3 saturated carbocycles. The van der Waals surface area contributed by atoms with E-state index in [2.05, 4.69) is 59.1 Å². The molecule has 4 bridgehead atoms. The summed E-state index contributed by atoms with van der Waals surface area (Å²) in [7, 11) is 0. The third-order valence-corrected chi connectivity index (χ3v) is 7.64. The second-order valence-corrected chi connectivity index (χ2v) is 9.56. The first-order chi connectivity index (χ1) is 13.0. The molecule has 2 aromatic rings. The van der Waals surface area contributed by atoms with Crippen LogP contribution < -0.4 is 10.2 Å². The number of carbonyl (C=O) groups is 1. The lowest BCUT2D eigenvalue weighted by atomic mass is 9.43. The van der Waals surface area contributed by atoms with Gasteiger partial charge in [-0.15, -0.1) is 0 Å². The predicted molar refractivity (Wildman–Crippen MR) is 107 cm³/mol. The number of rotatable bonds is 4. The summed E-state index contributed by atoms with van der Waals surface area (Å²) >= 11 is 0. The fourth-order valence-electron chi connectivity index (χ4n) is 6.31. The molecule has 0 spiro atoms. The van der Waals surface area contributed by atoms with E-state index in [1.165, 1.54) is 48.2 Å². The van der Waals surface area contributed by atoms with Crippen LogP contribution in [0.3, 0.4) is 0 Å². The van der Waals surface area contributed by atoms with Gasteiger partial charge in [0.15, 0.2) is 0 Å². The van der Waals surface area contributed by atoms with Crippen molar-refractivity contribution in [3.05, 3.63) is 47.3 Å². The van der Waals surface area contributed by atoms with Crippen LogP contribution in [-0.4, -0.2) is 17.0 Å². The molecule has 4 fully saturated rings. The average molecular weight is 361 g/mol. The smallest absolute Gasteiger partial charge is 0.224 e. The quantitative estimate of drug-likeness (QED) is 0.854. The molecular formula is C23H27N3O. The van der Waals surface area contributed by atoms with Crippen molar-refractivity contribution >= 4 is 17.3 Å². The summed E-state index contributed by atoms with van der Waals surface area (Å²) in [6.45, 7) is 5.34. The second kappa shape index (κ2) is 5.18. The molecular weight excluding hydrogens is 334 g/mol. The molecule has 27 heavy (non-hydrogen) atoms. The van der Waals surface area contributed by atoms with E-state index < -0.39 is 0 Å². The van der Waals surface area contributed by atoms with Crippen molar-refractivity contribution in [2.24, 2.45) is 11.3 Å². The third-order valence-electron chi connectivity index (χ3n) is 7.64. The average Bonchev–Trinajstić information content (AvgIpc) is 3.25. The Balaban J connectivity index is 1.23. The van der Waals surface area contributed by atoms with Crippen molar-refractivity contribution in [3.63, 3.8) is 0 Å². The van der Waals surface area contributed by atoms with E-state index in [0.29, 0.717) is 23.9 Å². The molecule has 4 heteroatoms. The van der Waals surface area contributed by atoms with Crippen molar-refractivity contribution in [1.82, 2.24) is 4.57 Å². The molecule has 2 unspecified atom stereocenters. The summed E-state index contributed by atoms with van der Waals surface area (Å²) < 4.78 is 2.44. The highest BCUT2D eigenvalue weighted by Crippen LogP contribution is 2.66. The Kier molecular flexibility index (Phi) is 3.03. The minimum atomic E-state index is 0.199. The zero-order valence-electron chi connectivity index (χ0n) is 16.2. The minimum absolute atomic E-state index is 0.199. The number of aromatic nitrogens is 1. The van der Waals surface area contributed by atoms with Gasteiger partial charge in [-0.3, -0.25) is 4.79 Å². The Bertz CT molecular complexity index is 918. The molecule has 0 radical (unpaired) electrons. The summed E-state index contributed by atoms with van der Waals surface area (Å²) in [6.07, 6.45) is 7.97. The Hall–Kier alpha value is -2.23. The van der Waals surface area contributed by atoms with Gasteiger partial charge in [-0.05, 0) is 86.3 Å². The van der Waals surface area contributed by atoms with Crippen LogP contribution in [-0.2, 0) is 4.79 Å². The molecule has 1 aromatic carbocycles. The maximum absolute atomic E-state index is 12.6. The highest BCUT2D eigenvalue weighted by molar-refractivity contribution is 5.93. The molecule has 2 aliphatic heterocycles. The van der Waals surface area contributed by atoms with Crippen molar-refractivity contribution in [3.8, 4) is 0 Å². The van der Waals surface area contributed by atoms with Crippen LogP contribution in [0.2, 0.25) is 0 Å². The Morgan fingerprint density at radius 3 is 2.63 bits per heavy atom. The van der Waals surface area contributed by atoms with Gasteiger partial charge in [-0.25, -0.2) is 0 Å². The Labute approximate surface area is 160 Å². The first-order valence-corrected chi connectivity index (χ1v) is 10.4. The molecule has 140 valence electrons. The van der Waals surface area contributed by atoms with E-state index in [0.717, 1.165) is 18.2 Å². The van der Waals surface area contributed by atoms with E-state index in [1.54, 1.807) is 0 Å². The Morgan fingerprint density at radius 2 is 1.96 bits per heavy atom. The van der Waals surface area contributed by atoms with Crippen molar-refractivity contribution in [1.29, 1.82) is 0 Å². The van der Waals surface area contributed by atoms with E-state index in [4.69, 9.17) is 0 Å². The van der Waals surface area contributed by atoms with E-state index >= 15 is 0 Å². The van der Waals surface area contributed by atoms with Crippen LogP contribution in [0.1, 0.15) is 61.0 Å². The summed E-state index contributed by atoms with van der Waals surface area (Å²) in [5.74, 6) is 1.13. The van der Waals surface area contributed by atoms with Crippen molar-refractivity contribution in [2.75, 3.05) is 16.8 Å². The number of amides is 1. The molecule has 7 rings (SSSR count). The molecule has 1 aromatic heterocycles. The SMILES string of the molecule is Cc1cc(N2CC3CC2c2cccn23)cc(C)c1NC(=O)CC12CC(C1)C2. The fraction of sp³-hybridized carbons (Fsp3) is 0.522. The maximum Gasteiger partial charge on any atom is 0.224 e. The van der Waals surface area contributed by atoms with Crippen LogP contribution in [0.5, 0.6) is 0 Å². The summed E-state index contributed by atoms with van der Waals surface area (Å²) in [4.78, 5) is 15.1. The first-order valence-electron chi connectivity index (χ1n) is 10.4. The number of hydrogen-bond acceptors (Lipinski definition) is 2. The molecule has 4 nitrogen and oxygen atoms in total. The van der Waals surface area contributed by atoms with Gasteiger partial charge in [0.25, 0.3) is 0 Å². The highest BCUT2D eigenvalue weighted by atomic mass is 16.1. The first kappa shape index (κ1) is 15.8. The number of anilines is 2. The molecule has 2 atom stereocenters. The monoisotopic (exact) mass is 361 g/mol. The number of aryl methyl sites for hydroxylation is 2. The summed E-state index contributed by atoms with van der Waals surface area (Å²) in [5, 5.41) is 3.23. The highest BCUT2D eigenvalue weighted by Gasteiger charge is 2.57. The number of nitrogens with zero attached hydrogens (tertiary/aromatic N) is 2. The third kappa shape index (κ3) is 2.19. The van der Waals surface area contributed by atoms with Crippen LogP contribution >= 0.6 is 0 Å². The van der Waals surface area contributed by atoms with Crippen molar-refractivity contribution in [2.45, 2.75) is 58.0 Å². The van der Waals surface area contributed by atoms with Gasteiger partial charge in [0.05, 0.1) is 12.1 Å². The lowest BCUT2D eigenvalue weighted by molar-refractivity contribution is -0.139. The zero-order chi connectivity index (χ0) is 18.3. The van der Waals surface area contributed by atoms with E-state index in [9.17, 15) is 4.79 Å². The Morgan fingerprint density at radius 1 is 1.22 bits per heavy atom. The largest absolute Gasteiger partial charge is 0.361 e. The number of hydrogen-bond donors (Lipinski definition) is 1. The molecule has 3 heterocycles. The number of fused-ring (bicyclic) bond motifs is 5. The second-order valence-electron chi connectivity index (χ2n) is 9.56. The van der Waals surface area contributed by atoms with Crippen LogP contribution in [0.25, 0.3) is 0 Å². The standard InChI is InChI=1S/C23H27N3O/c1-14-6-17(26-13-18-8-20(26)19-4-3-5-25(18)19)7-15(2)22(14)24-21(27)12-23-9-16(10-23)11-23/h3-7,16,18,20H,8-13H2,1-2H3,(H,24,27). The van der Waals surface area contributed by atoms with Gasteiger partial charge in [0.1, 0.15) is 0 Å². The topological polar surface area (TPSA) is 37.3 Å². The number of carbonyl (C=O) groups excluding carboxylic acids is 1. The lowest BCUT2D eigenvalue weighted by Crippen LogP contribution is -2.53. The minimum Gasteiger partial charge on any atom is -0.361 e.